The zero-order valence-electron chi connectivity index (χ0n) is 11.7. The summed E-state index contributed by atoms with van der Waals surface area (Å²) in [5.74, 6) is 1.09. The summed E-state index contributed by atoms with van der Waals surface area (Å²) in [4.78, 5) is 11.1. The van der Waals surface area contributed by atoms with Crippen LogP contribution < -0.4 is 15.8 Å². The van der Waals surface area contributed by atoms with Gasteiger partial charge in [-0.15, -0.1) is 0 Å². The monoisotopic (exact) mass is 282 g/mol. The molecule has 1 aliphatic rings. The van der Waals surface area contributed by atoms with Crippen LogP contribution >= 0.6 is 0 Å². The molecule has 0 saturated heterocycles. The molecular formula is C17H18N2O2. The highest BCUT2D eigenvalue weighted by Gasteiger charge is 2.20. The van der Waals surface area contributed by atoms with Gasteiger partial charge in [0.1, 0.15) is 11.5 Å². The molecule has 1 amide bonds. The van der Waals surface area contributed by atoms with Gasteiger partial charge in [0, 0.05) is 23.7 Å². The van der Waals surface area contributed by atoms with Crippen LogP contribution in [0, 0.1) is 0 Å². The number of hydrogen-bond donors (Lipinski definition) is 2. The van der Waals surface area contributed by atoms with Crippen molar-refractivity contribution in [3.63, 3.8) is 0 Å². The van der Waals surface area contributed by atoms with E-state index in [9.17, 15) is 4.79 Å². The molecule has 4 nitrogen and oxygen atoms in total. The zero-order chi connectivity index (χ0) is 14.7. The number of hydrogen-bond acceptors (Lipinski definition) is 3. The Morgan fingerprint density at radius 1 is 1.14 bits per heavy atom. The average Bonchev–Trinajstić information content (AvgIpc) is 3.31. The van der Waals surface area contributed by atoms with E-state index in [1.807, 2.05) is 18.2 Å². The van der Waals surface area contributed by atoms with Gasteiger partial charge in [-0.3, -0.25) is 4.79 Å². The summed E-state index contributed by atoms with van der Waals surface area (Å²) in [5, 5.41) is 3.48. The number of carbonyl (C=O) groups is 1. The van der Waals surface area contributed by atoms with Gasteiger partial charge in [0.2, 0.25) is 5.91 Å². The Balaban J connectivity index is 1.72. The number of para-hydroxylation sites is 1. The highest BCUT2D eigenvalue weighted by molar-refractivity contribution is 5.92. The molecule has 2 aromatic carbocycles. The first-order valence-electron chi connectivity index (χ1n) is 7.11. The van der Waals surface area contributed by atoms with Crippen LogP contribution in [0.1, 0.15) is 28.8 Å². The lowest BCUT2D eigenvalue weighted by Crippen LogP contribution is -2.15. The minimum Gasteiger partial charge on any atom is -0.457 e. The fraction of sp³-hybridized carbons (Fsp3) is 0.235. The predicted octanol–water partition coefficient (Wildman–Crippen LogP) is 2.83. The smallest absolute Gasteiger partial charge is 0.248 e. The lowest BCUT2D eigenvalue weighted by atomic mass is 10.2. The maximum atomic E-state index is 11.1. The molecule has 1 fully saturated rings. The Morgan fingerprint density at radius 2 is 1.86 bits per heavy atom. The molecule has 1 aliphatic carbocycles. The van der Waals surface area contributed by atoms with Crippen molar-refractivity contribution in [2.45, 2.75) is 25.4 Å². The van der Waals surface area contributed by atoms with Crippen LogP contribution in [0.3, 0.4) is 0 Å². The predicted molar refractivity (Wildman–Crippen MR) is 81.3 cm³/mol. The molecule has 108 valence electrons. The summed E-state index contributed by atoms with van der Waals surface area (Å²) < 4.78 is 5.90. The van der Waals surface area contributed by atoms with E-state index in [1.165, 1.54) is 12.8 Å². The van der Waals surface area contributed by atoms with Crippen molar-refractivity contribution in [2.24, 2.45) is 5.73 Å². The number of primary amides is 1. The first kappa shape index (κ1) is 13.6. The first-order valence-corrected chi connectivity index (χ1v) is 7.11. The summed E-state index contributed by atoms with van der Waals surface area (Å²) in [7, 11) is 0. The molecule has 0 atom stereocenters. The van der Waals surface area contributed by atoms with Crippen LogP contribution in [0.4, 0.5) is 0 Å². The fourth-order valence-corrected chi connectivity index (χ4v) is 2.11. The molecule has 0 unspecified atom stereocenters. The number of benzene rings is 2. The SMILES string of the molecule is NC(=O)c1ccc(Oc2ccccc2CNC2CC2)cc1. The highest BCUT2D eigenvalue weighted by atomic mass is 16.5. The van der Waals surface area contributed by atoms with Gasteiger partial charge in [0.25, 0.3) is 0 Å². The van der Waals surface area contributed by atoms with Crippen molar-refractivity contribution in [1.29, 1.82) is 0 Å². The summed E-state index contributed by atoms with van der Waals surface area (Å²) in [6.45, 7) is 0.806. The molecule has 0 radical (unpaired) electrons. The minimum atomic E-state index is -0.435. The molecule has 0 bridgehead atoms. The van der Waals surface area contributed by atoms with Crippen LogP contribution in [0.2, 0.25) is 0 Å². The van der Waals surface area contributed by atoms with E-state index >= 15 is 0 Å². The van der Waals surface area contributed by atoms with E-state index < -0.39 is 5.91 Å². The second kappa shape index (κ2) is 5.97. The molecule has 4 heteroatoms. The van der Waals surface area contributed by atoms with Crippen LogP contribution in [-0.2, 0) is 6.54 Å². The number of nitrogens with one attached hydrogen (secondary N) is 1. The van der Waals surface area contributed by atoms with Crippen LogP contribution in [0.5, 0.6) is 11.5 Å². The summed E-state index contributed by atoms with van der Waals surface area (Å²) in [5.41, 5.74) is 6.83. The molecule has 3 rings (SSSR count). The lowest BCUT2D eigenvalue weighted by molar-refractivity contribution is 0.100. The molecular weight excluding hydrogens is 264 g/mol. The number of amides is 1. The number of nitrogens with two attached hydrogens (primary N) is 1. The van der Waals surface area contributed by atoms with Gasteiger partial charge in [-0.25, -0.2) is 0 Å². The third-order valence-corrected chi connectivity index (χ3v) is 3.50. The Morgan fingerprint density at radius 3 is 2.52 bits per heavy atom. The number of carbonyl (C=O) groups excluding carboxylic acids is 1. The maximum absolute atomic E-state index is 11.1. The molecule has 0 heterocycles. The minimum absolute atomic E-state index is 0.435. The Kier molecular flexibility index (Phi) is 3.88. The second-order valence-corrected chi connectivity index (χ2v) is 5.25. The van der Waals surface area contributed by atoms with Crippen molar-refractivity contribution in [3.05, 3.63) is 59.7 Å². The molecule has 0 aromatic heterocycles. The average molecular weight is 282 g/mol. The number of rotatable bonds is 6. The van der Waals surface area contributed by atoms with Crippen LogP contribution in [0.25, 0.3) is 0 Å². The quantitative estimate of drug-likeness (QED) is 0.856. The Labute approximate surface area is 123 Å². The van der Waals surface area contributed by atoms with Crippen molar-refractivity contribution in [3.8, 4) is 11.5 Å². The standard InChI is InChI=1S/C17H18N2O2/c18-17(20)12-5-9-15(10-6-12)21-16-4-2-1-3-13(16)11-19-14-7-8-14/h1-6,9-10,14,19H,7-8,11H2,(H2,18,20). The Bertz CT molecular complexity index is 633. The summed E-state index contributed by atoms with van der Waals surface area (Å²) in [6.07, 6.45) is 2.52. The second-order valence-electron chi connectivity index (χ2n) is 5.25. The number of ether oxygens (including phenoxy) is 1. The molecule has 21 heavy (non-hydrogen) atoms. The van der Waals surface area contributed by atoms with Crippen molar-refractivity contribution in [2.75, 3.05) is 0 Å². The summed E-state index contributed by atoms with van der Waals surface area (Å²) >= 11 is 0. The van der Waals surface area contributed by atoms with Crippen LogP contribution in [0.15, 0.2) is 48.5 Å². The normalized spacial score (nSPS) is 13.9. The van der Waals surface area contributed by atoms with Crippen molar-refractivity contribution in [1.82, 2.24) is 5.32 Å². The molecule has 0 aliphatic heterocycles. The third kappa shape index (κ3) is 3.61. The van der Waals surface area contributed by atoms with E-state index in [-0.39, 0.29) is 0 Å². The zero-order valence-corrected chi connectivity index (χ0v) is 11.7. The van der Waals surface area contributed by atoms with Gasteiger partial charge >= 0.3 is 0 Å². The molecule has 1 saturated carbocycles. The van der Waals surface area contributed by atoms with Gasteiger partial charge in [-0.1, -0.05) is 18.2 Å². The fourth-order valence-electron chi connectivity index (χ4n) is 2.11. The first-order chi connectivity index (χ1) is 10.2. The highest BCUT2D eigenvalue weighted by Crippen LogP contribution is 2.27. The lowest BCUT2D eigenvalue weighted by Gasteiger charge is -2.12. The van der Waals surface area contributed by atoms with Gasteiger partial charge in [-0.2, -0.15) is 0 Å². The van der Waals surface area contributed by atoms with Crippen molar-refractivity contribution >= 4 is 5.91 Å². The van der Waals surface area contributed by atoms with Gasteiger partial charge < -0.3 is 15.8 Å². The Hall–Kier alpha value is -2.33. The van der Waals surface area contributed by atoms with E-state index in [0.717, 1.165) is 17.9 Å². The molecule has 2 aromatic rings. The summed E-state index contributed by atoms with van der Waals surface area (Å²) in [6, 6.07) is 15.5. The van der Waals surface area contributed by atoms with E-state index in [4.69, 9.17) is 10.5 Å². The molecule has 0 spiro atoms. The van der Waals surface area contributed by atoms with Gasteiger partial charge in [-0.05, 0) is 43.2 Å². The van der Waals surface area contributed by atoms with Gasteiger partial charge in [0.05, 0.1) is 0 Å². The van der Waals surface area contributed by atoms with Gasteiger partial charge in [0.15, 0.2) is 0 Å². The van der Waals surface area contributed by atoms with E-state index in [0.29, 0.717) is 17.4 Å². The topological polar surface area (TPSA) is 64.4 Å². The molecule has 3 N–H and O–H groups in total. The van der Waals surface area contributed by atoms with Crippen LogP contribution in [-0.4, -0.2) is 11.9 Å². The third-order valence-electron chi connectivity index (χ3n) is 3.50. The van der Waals surface area contributed by atoms with E-state index in [1.54, 1.807) is 24.3 Å². The van der Waals surface area contributed by atoms with Crippen molar-refractivity contribution < 1.29 is 9.53 Å². The van der Waals surface area contributed by atoms with E-state index in [2.05, 4.69) is 11.4 Å². The largest absolute Gasteiger partial charge is 0.457 e. The maximum Gasteiger partial charge on any atom is 0.248 e.